The molecule has 126 valence electrons. The molecule has 0 N–H and O–H groups in total. The van der Waals surface area contributed by atoms with E-state index in [0.717, 1.165) is 54.6 Å². The van der Waals surface area contributed by atoms with E-state index >= 15 is 0 Å². The number of fused-ring (bicyclic) bond motifs is 4. The molecule has 1 aromatic heterocycles. The number of rotatable bonds is 2. The van der Waals surface area contributed by atoms with Gasteiger partial charge in [-0.2, -0.15) is 0 Å². The molecule has 0 amide bonds. The Morgan fingerprint density at radius 2 is 1.54 bits per heavy atom. The summed E-state index contributed by atoms with van der Waals surface area (Å²) in [5.41, 5.74) is 3.71. The fraction of sp³-hybridized carbons (Fsp3) is 0.0435. The number of methoxy groups -OCH3 is 1. The molecule has 4 aromatic carbocycles. The number of hydrogen-bond donors (Lipinski definition) is 0. The van der Waals surface area contributed by atoms with E-state index < -0.39 is 0 Å². The summed E-state index contributed by atoms with van der Waals surface area (Å²) in [4.78, 5) is 0. The van der Waals surface area contributed by atoms with Crippen LogP contribution in [0.1, 0.15) is 0 Å². The Labute approximate surface area is 155 Å². The molecule has 1 heterocycles. The molecular formula is C23H15ClO2. The quantitative estimate of drug-likeness (QED) is 0.336. The van der Waals surface area contributed by atoms with Crippen molar-refractivity contribution < 1.29 is 9.15 Å². The monoisotopic (exact) mass is 358 g/mol. The zero-order valence-electron chi connectivity index (χ0n) is 14.1. The Morgan fingerprint density at radius 3 is 2.35 bits per heavy atom. The molecule has 5 aromatic rings. The van der Waals surface area contributed by atoms with Crippen LogP contribution in [0.4, 0.5) is 0 Å². The summed E-state index contributed by atoms with van der Waals surface area (Å²) >= 11 is 6.84. The van der Waals surface area contributed by atoms with Crippen molar-refractivity contribution in [2.75, 3.05) is 7.11 Å². The van der Waals surface area contributed by atoms with Gasteiger partial charge in [-0.15, -0.1) is 0 Å². The van der Waals surface area contributed by atoms with E-state index in [1.54, 1.807) is 7.11 Å². The molecule has 26 heavy (non-hydrogen) atoms. The summed E-state index contributed by atoms with van der Waals surface area (Å²) in [5.74, 6) is 0.760. The lowest BCUT2D eigenvalue weighted by atomic mass is 9.98. The van der Waals surface area contributed by atoms with Crippen LogP contribution in [0, 0.1) is 0 Å². The predicted octanol–water partition coefficient (Wildman–Crippen LogP) is 7.07. The number of furan rings is 1. The largest absolute Gasteiger partial charge is 0.497 e. The van der Waals surface area contributed by atoms with Gasteiger partial charge in [-0.25, -0.2) is 0 Å². The van der Waals surface area contributed by atoms with Crippen molar-refractivity contribution >= 4 is 44.3 Å². The Bertz CT molecular complexity index is 1270. The van der Waals surface area contributed by atoms with Crippen molar-refractivity contribution in [2.24, 2.45) is 0 Å². The molecule has 0 aliphatic carbocycles. The molecule has 0 atom stereocenters. The zero-order chi connectivity index (χ0) is 17.7. The Hall–Kier alpha value is -2.97. The third-order valence-corrected chi connectivity index (χ3v) is 5.21. The topological polar surface area (TPSA) is 22.4 Å². The fourth-order valence-electron chi connectivity index (χ4n) is 3.60. The van der Waals surface area contributed by atoms with Crippen LogP contribution in [0.3, 0.4) is 0 Å². The third kappa shape index (κ3) is 2.19. The molecule has 3 heteroatoms. The van der Waals surface area contributed by atoms with Crippen LogP contribution in [0.2, 0.25) is 5.02 Å². The average Bonchev–Trinajstić information content (AvgIpc) is 3.06. The summed E-state index contributed by atoms with van der Waals surface area (Å²) in [7, 11) is 1.67. The lowest BCUT2D eigenvalue weighted by Gasteiger charge is -2.08. The molecule has 0 radical (unpaired) electrons. The van der Waals surface area contributed by atoms with Crippen molar-refractivity contribution in [3.05, 3.63) is 77.8 Å². The van der Waals surface area contributed by atoms with Gasteiger partial charge in [-0.1, -0.05) is 66.2 Å². The number of benzene rings is 4. The molecule has 0 aliphatic heterocycles. The molecule has 5 rings (SSSR count). The van der Waals surface area contributed by atoms with Gasteiger partial charge in [0, 0.05) is 22.2 Å². The van der Waals surface area contributed by atoms with Crippen LogP contribution in [-0.4, -0.2) is 7.11 Å². The Balaban J connectivity index is 2.00. The van der Waals surface area contributed by atoms with Crippen molar-refractivity contribution in [3.63, 3.8) is 0 Å². The molecular weight excluding hydrogens is 344 g/mol. The minimum absolute atomic E-state index is 0.721. The van der Waals surface area contributed by atoms with E-state index in [1.165, 1.54) is 0 Å². The second-order valence-electron chi connectivity index (χ2n) is 6.30. The van der Waals surface area contributed by atoms with Crippen LogP contribution < -0.4 is 4.74 Å². The maximum absolute atomic E-state index is 6.84. The number of hydrogen-bond acceptors (Lipinski definition) is 2. The Kier molecular flexibility index (Phi) is 3.41. The van der Waals surface area contributed by atoms with Crippen LogP contribution in [-0.2, 0) is 0 Å². The summed E-state index contributed by atoms with van der Waals surface area (Å²) in [5, 5.41) is 4.78. The van der Waals surface area contributed by atoms with Gasteiger partial charge in [0.25, 0.3) is 0 Å². The normalized spacial score (nSPS) is 11.5. The van der Waals surface area contributed by atoms with Crippen molar-refractivity contribution in [1.29, 1.82) is 0 Å². The van der Waals surface area contributed by atoms with Gasteiger partial charge in [0.05, 0.1) is 12.1 Å². The lowest BCUT2D eigenvalue weighted by Crippen LogP contribution is -1.86. The van der Waals surface area contributed by atoms with E-state index in [-0.39, 0.29) is 0 Å². The van der Waals surface area contributed by atoms with E-state index in [9.17, 15) is 0 Å². The van der Waals surface area contributed by atoms with Gasteiger partial charge in [0.15, 0.2) is 0 Å². The molecule has 0 unspecified atom stereocenters. The number of ether oxygens (including phenoxy) is 1. The molecule has 0 saturated heterocycles. The van der Waals surface area contributed by atoms with Crippen molar-refractivity contribution in [2.45, 2.75) is 0 Å². The van der Waals surface area contributed by atoms with Gasteiger partial charge < -0.3 is 9.15 Å². The van der Waals surface area contributed by atoms with Crippen molar-refractivity contribution in [1.82, 2.24) is 0 Å². The van der Waals surface area contributed by atoms with Crippen LogP contribution in [0.25, 0.3) is 43.8 Å². The van der Waals surface area contributed by atoms with E-state index in [0.29, 0.717) is 0 Å². The smallest absolute Gasteiger partial charge is 0.139 e. The van der Waals surface area contributed by atoms with Gasteiger partial charge in [0.2, 0.25) is 0 Å². The van der Waals surface area contributed by atoms with Gasteiger partial charge >= 0.3 is 0 Å². The summed E-state index contributed by atoms with van der Waals surface area (Å²) < 4.78 is 11.7. The summed E-state index contributed by atoms with van der Waals surface area (Å²) in [6.07, 6.45) is 0. The summed E-state index contributed by atoms with van der Waals surface area (Å²) in [6, 6.07) is 24.3. The number of halogens is 1. The molecule has 0 aliphatic rings. The second-order valence-corrected chi connectivity index (χ2v) is 6.68. The first-order chi connectivity index (χ1) is 12.8. The lowest BCUT2D eigenvalue weighted by molar-refractivity contribution is 0.415. The highest BCUT2D eigenvalue weighted by atomic mass is 35.5. The molecule has 0 spiro atoms. The highest BCUT2D eigenvalue weighted by Gasteiger charge is 2.18. The van der Waals surface area contributed by atoms with E-state index in [1.807, 2.05) is 54.6 Å². The minimum Gasteiger partial charge on any atom is -0.497 e. The standard InChI is InChI=1S/C23H15ClO2/c1-25-16-12-18(14-7-3-2-4-8-14)21-20(13-16)26-19-11-15-9-5-6-10-17(15)23(24)22(19)21/h2-13H,1H3. The average molecular weight is 359 g/mol. The molecule has 2 nitrogen and oxygen atoms in total. The van der Waals surface area contributed by atoms with E-state index in [4.69, 9.17) is 20.8 Å². The molecule has 0 fully saturated rings. The third-order valence-electron chi connectivity index (χ3n) is 4.82. The van der Waals surface area contributed by atoms with Crippen LogP contribution in [0.5, 0.6) is 5.75 Å². The highest BCUT2D eigenvalue weighted by molar-refractivity contribution is 6.43. The first-order valence-corrected chi connectivity index (χ1v) is 8.81. The maximum atomic E-state index is 6.84. The fourth-order valence-corrected chi connectivity index (χ4v) is 3.96. The molecule has 0 saturated carbocycles. The highest BCUT2D eigenvalue weighted by Crippen LogP contribution is 2.44. The first kappa shape index (κ1) is 15.3. The van der Waals surface area contributed by atoms with Crippen LogP contribution in [0.15, 0.2) is 77.2 Å². The first-order valence-electron chi connectivity index (χ1n) is 8.43. The van der Waals surface area contributed by atoms with Crippen molar-refractivity contribution in [3.8, 4) is 16.9 Å². The maximum Gasteiger partial charge on any atom is 0.139 e. The minimum atomic E-state index is 0.721. The van der Waals surface area contributed by atoms with Gasteiger partial charge in [-0.3, -0.25) is 0 Å². The Morgan fingerprint density at radius 1 is 0.808 bits per heavy atom. The predicted molar refractivity (Wildman–Crippen MR) is 108 cm³/mol. The van der Waals surface area contributed by atoms with Gasteiger partial charge in [0.1, 0.15) is 16.9 Å². The zero-order valence-corrected chi connectivity index (χ0v) is 14.9. The van der Waals surface area contributed by atoms with Gasteiger partial charge in [-0.05, 0) is 28.6 Å². The summed E-state index contributed by atoms with van der Waals surface area (Å²) in [6.45, 7) is 0. The van der Waals surface area contributed by atoms with E-state index in [2.05, 4.69) is 18.2 Å². The second kappa shape index (κ2) is 5.79. The molecule has 0 bridgehead atoms. The SMILES string of the molecule is COc1cc(-c2ccccc2)c2c(c1)oc1cc3ccccc3c(Cl)c12. The van der Waals surface area contributed by atoms with Crippen LogP contribution >= 0.6 is 11.6 Å².